The summed E-state index contributed by atoms with van der Waals surface area (Å²) in [6.45, 7) is 10.8. The van der Waals surface area contributed by atoms with Crippen molar-refractivity contribution in [3.8, 4) is 0 Å². The maximum absolute atomic E-state index is 12.5. The lowest BCUT2D eigenvalue weighted by atomic mass is 10.0. The predicted octanol–water partition coefficient (Wildman–Crippen LogP) is 27.9. The number of aliphatic carboxylic acids is 1. The van der Waals surface area contributed by atoms with Gasteiger partial charge in [-0.25, -0.2) is 0 Å². The van der Waals surface area contributed by atoms with Crippen LogP contribution in [0.4, 0.5) is 0 Å². The number of hydrogen-bond acceptors (Lipinski definition) is 6. The zero-order valence-electron chi connectivity index (χ0n) is 63.8. The van der Waals surface area contributed by atoms with Crippen LogP contribution in [0.25, 0.3) is 0 Å². The van der Waals surface area contributed by atoms with Crippen LogP contribution in [0.3, 0.4) is 0 Å². The summed E-state index contributed by atoms with van der Waals surface area (Å²) in [7, 11) is 7.99. The largest absolute Gasteiger partial charge is 0.481 e. The minimum absolute atomic E-state index is 0. The second-order valence-electron chi connectivity index (χ2n) is 27.5. The number of aliphatic hydroxyl groups excluding tert-OH is 1. The average molecular weight is 1350 g/mol. The Morgan fingerprint density at radius 3 is 0.779 bits per heavy atom. The van der Waals surface area contributed by atoms with E-state index in [0.717, 1.165) is 77.3 Å². The molecular weight excluding hydrogens is 1190 g/mol. The summed E-state index contributed by atoms with van der Waals surface area (Å²) in [5.41, 5.74) is 0. The van der Waals surface area contributed by atoms with Crippen LogP contribution in [0.1, 0.15) is 395 Å². The zero-order chi connectivity index (χ0) is 68.5. The summed E-state index contributed by atoms with van der Waals surface area (Å²) in [5.74, 6) is -0.705. The van der Waals surface area contributed by atoms with E-state index in [0.29, 0.717) is 6.42 Å². The lowest BCUT2D eigenvalue weighted by molar-refractivity contribution is -0.150. The van der Waals surface area contributed by atoms with E-state index in [2.05, 4.69) is 144 Å². The van der Waals surface area contributed by atoms with E-state index in [4.69, 9.17) is 9.84 Å². The molecule has 560 valence electrons. The van der Waals surface area contributed by atoms with Crippen molar-refractivity contribution < 1.29 is 24.5 Å². The first-order valence-corrected chi connectivity index (χ1v) is 40.1. The molecule has 2 N–H and O–H groups in total. The molecule has 0 radical (unpaired) electrons. The average Bonchev–Trinajstić information content (AvgIpc) is 3.71. The lowest BCUT2D eigenvalue weighted by Crippen LogP contribution is -2.20. The highest BCUT2D eigenvalue weighted by Crippen LogP contribution is 2.20. The number of carboxylic acids is 1. The number of unbranched alkanes of at least 4 members (excludes halogenated alkanes) is 36. The fraction of sp³-hybridized carbons (Fsp3) is 0.793. The minimum Gasteiger partial charge on any atom is -0.481 e. The molecule has 0 heterocycles. The lowest BCUT2D eigenvalue weighted by Gasteiger charge is -2.18. The number of hydrogen-bond donors (Lipinski definition) is 2. The van der Waals surface area contributed by atoms with E-state index < -0.39 is 5.97 Å². The summed E-state index contributed by atoms with van der Waals surface area (Å²) in [6.07, 6.45) is 105. The first kappa shape index (κ1) is 101. The number of aliphatic hydroxyl groups is 1. The van der Waals surface area contributed by atoms with Gasteiger partial charge >= 0.3 is 11.9 Å². The van der Waals surface area contributed by atoms with Crippen molar-refractivity contribution in [2.75, 3.05) is 41.3 Å². The normalized spacial score (nSPS) is 12.0. The Morgan fingerprint density at radius 2 is 0.537 bits per heavy atom. The van der Waals surface area contributed by atoms with Crippen LogP contribution >= 0.6 is 12.4 Å². The molecule has 0 atom stereocenters. The monoisotopic (exact) mass is 1350 g/mol. The van der Waals surface area contributed by atoms with Crippen molar-refractivity contribution in [1.82, 2.24) is 9.80 Å². The third kappa shape index (κ3) is 99.8. The van der Waals surface area contributed by atoms with Gasteiger partial charge in [-0.3, -0.25) is 9.59 Å². The van der Waals surface area contributed by atoms with Gasteiger partial charge in [0.1, 0.15) is 6.10 Å². The summed E-state index contributed by atoms with van der Waals surface area (Å²) in [5, 5.41) is 18.5. The Morgan fingerprint density at radius 1 is 0.316 bits per heavy atom. The molecule has 0 saturated heterocycles. The molecule has 0 aliphatic carbocycles. The smallest absolute Gasteiger partial charge is 0.306 e. The standard InChI is InChI=1S/C43H79NO2.C37H68O.C6H13NO2.CH4.ClH/c1-5-7-9-11-13-15-17-19-21-23-25-27-29-31-33-35-38-42(46-43(45)40-37-41-44(3)4)39-36-34-32-30-28-26-24-22-20-18-16-14-12-10-8-6-2;1-3-5-7-9-11-13-15-17-19-21-23-25-27-29-31-33-35-37(38)36-34-32-30-28-26-24-22-20-18-16-14-12-10-8-6-4-2;1-7(2)5-3-4-6(8)9;;/h13-16,19-22,42H,5-12,17-18,23-41H2,1-4H3;11-14,17-20,37-38H,3-10,15-16,21-36H2,1-2H3;3-5H2,1-2H3,(H,8,9);1H4;1H/b15-13-,16-14-,21-19-,22-20-;13-11-,14-12-,19-17-,20-18-;;;. The highest BCUT2D eigenvalue weighted by atomic mass is 35.5. The van der Waals surface area contributed by atoms with Crippen LogP contribution in [0.15, 0.2) is 97.2 Å². The van der Waals surface area contributed by atoms with Gasteiger partial charge in [-0.05, 0) is 221 Å². The van der Waals surface area contributed by atoms with Crippen LogP contribution < -0.4 is 0 Å². The summed E-state index contributed by atoms with van der Waals surface area (Å²) >= 11 is 0. The molecule has 0 fully saturated rings. The minimum atomic E-state index is -0.711. The molecule has 8 heteroatoms. The van der Waals surface area contributed by atoms with Gasteiger partial charge in [-0.2, -0.15) is 0 Å². The van der Waals surface area contributed by atoms with E-state index in [9.17, 15) is 14.7 Å². The van der Waals surface area contributed by atoms with E-state index >= 15 is 0 Å². The molecular formula is C87H165ClN2O5. The quantitative estimate of drug-likeness (QED) is 0.0356. The molecule has 0 aliphatic rings. The highest BCUT2D eigenvalue weighted by Gasteiger charge is 2.15. The first-order chi connectivity index (χ1) is 45.5. The van der Waals surface area contributed by atoms with Gasteiger partial charge < -0.3 is 24.7 Å². The number of rotatable bonds is 69. The Labute approximate surface area is 600 Å². The molecule has 0 aliphatic heterocycles. The van der Waals surface area contributed by atoms with Gasteiger partial charge in [-0.1, -0.05) is 299 Å². The molecule has 95 heavy (non-hydrogen) atoms. The molecule has 0 saturated carbocycles. The number of nitrogens with zero attached hydrogens (tertiary/aromatic N) is 2. The molecule has 0 amide bonds. The predicted molar refractivity (Wildman–Crippen MR) is 429 cm³/mol. The van der Waals surface area contributed by atoms with E-state index in [1.807, 2.05) is 19.0 Å². The van der Waals surface area contributed by atoms with E-state index in [-0.39, 0.29) is 44.4 Å². The number of esters is 1. The van der Waals surface area contributed by atoms with Crippen molar-refractivity contribution in [2.24, 2.45) is 0 Å². The maximum atomic E-state index is 12.5. The maximum Gasteiger partial charge on any atom is 0.306 e. The second kappa shape index (κ2) is 91.0. The highest BCUT2D eigenvalue weighted by molar-refractivity contribution is 5.85. The van der Waals surface area contributed by atoms with Crippen LogP contribution in [-0.2, 0) is 14.3 Å². The van der Waals surface area contributed by atoms with E-state index in [1.54, 1.807) is 0 Å². The van der Waals surface area contributed by atoms with Crippen molar-refractivity contribution in [3.63, 3.8) is 0 Å². The fourth-order valence-electron chi connectivity index (χ4n) is 11.2. The Balaban J connectivity index is -0.000000498. The van der Waals surface area contributed by atoms with Crippen LogP contribution in [0, 0.1) is 0 Å². The fourth-order valence-corrected chi connectivity index (χ4v) is 11.2. The number of ether oxygens (including phenoxy) is 1. The topological polar surface area (TPSA) is 90.3 Å². The molecule has 0 spiro atoms. The molecule has 7 nitrogen and oxygen atoms in total. The van der Waals surface area contributed by atoms with Gasteiger partial charge in [0, 0.05) is 12.8 Å². The number of carboxylic acid groups (broad SMARTS) is 1. The second-order valence-corrected chi connectivity index (χ2v) is 27.5. The van der Waals surface area contributed by atoms with Crippen LogP contribution in [0.5, 0.6) is 0 Å². The van der Waals surface area contributed by atoms with Crippen molar-refractivity contribution >= 4 is 24.3 Å². The first-order valence-electron chi connectivity index (χ1n) is 40.1. The van der Waals surface area contributed by atoms with E-state index in [1.165, 1.54) is 283 Å². The number of carbonyl (C=O) groups is 2. The zero-order valence-corrected chi connectivity index (χ0v) is 64.6. The molecule has 0 rings (SSSR count). The molecule has 0 aromatic heterocycles. The summed E-state index contributed by atoms with van der Waals surface area (Å²) < 4.78 is 6.00. The van der Waals surface area contributed by atoms with Crippen LogP contribution in [0.2, 0.25) is 0 Å². The molecule has 0 aromatic rings. The number of carbonyl (C=O) groups excluding carboxylic acids is 1. The van der Waals surface area contributed by atoms with Crippen LogP contribution in [-0.4, -0.2) is 85.4 Å². The van der Waals surface area contributed by atoms with Crippen molar-refractivity contribution in [2.45, 2.75) is 407 Å². The van der Waals surface area contributed by atoms with Gasteiger partial charge in [-0.15, -0.1) is 12.4 Å². The number of allylic oxidation sites excluding steroid dienone is 16. The third-order valence-electron chi connectivity index (χ3n) is 17.2. The summed E-state index contributed by atoms with van der Waals surface area (Å²) in [6, 6.07) is 0. The Bertz CT molecular complexity index is 1620. The molecule has 0 aromatic carbocycles. The molecule has 0 bridgehead atoms. The Hall–Kier alpha value is -2.97. The van der Waals surface area contributed by atoms with Gasteiger partial charge in [0.25, 0.3) is 0 Å². The Kier molecular flexibility index (Phi) is 96.5. The summed E-state index contributed by atoms with van der Waals surface area (Å²) in [4.78, 5) is 26.6. The van der Waals surface area contributed by atoms with Gasteiger partial charge in [0.2, 0.25) is 0 Å². The molecule has 0 unspecified atom stereocenters. The SMILES string of the molecule is C.CCCCC/C=C\C/C=C\CCCCCCCCC(CCCCCCCC/C=C\C/C=C\CCCCC)OC(=O)CCCN(C)C.CCCCC/C=C\C/C=C\CCCCCCCCC(O)CCCCCCCC/C=C\C/C=C\CCCCC.CN(C)CCCC(=O)O.Cl. The van der Waals surface area contributed by atoms with Gasteiger partial charge in [0.15, 0.2) is 0 Å². The van der Waals surface area contributed by atoms with Crippen molar-refractivity contribution in [3.05, 3.63) is 97.2 Å². The number of halogens is 1. The third-order valence-corrected chi connectivity index (χ3v) is 17.2. The van der Waals surface area contributed by atoms with Gasteiger partial charge in [0.05, 0.1) is 6.10 Å². The van der Waals surface area contributed by atoms with Crippen molar-refractivity contribution in [1.29, 1.82) is 0 Å².